The third-order valence-electron chi connectivity index (χ3n) is 2.17. The predicted molar refractivity (Wildman–Crippen MR) is 58.6 cm³/mol. The van der Waals surface area contributed by atoms with E-state index in [1.165, 1.54) is 0 Å². The first-order valence-electron chi connectivity index (χ1n) is 4.66. The molecule has 1 heterocycles. The topological polar surface area (TPSA) is 38.0 Å². The number of halogens is 1. The van der Waals surface area contributed by atoms with Gasteiger partial charge in [-0.3, -0.25) is 4.68 Å². The molecule has 4 heteroatoms. The molecule has 0 spiro atoms. The summed E-state index contributed by atoms with van der Waals surface area (Å²) in [4.78, 5) is 0. The van der Waals surface area contributed by atoms with Crippen molar-refractivity contribution in [3.05, 3.63) is 53.3 Å². The van der Waals surface area contributed by atoms with Crippen LogP contribution < -0.4 is 0 Å². The van der Waals surface area contributed by atoms with Gasteiger partial charge in [0.25, 0.3) is 0 Å². The molecule has 2 rings (SSSR count). The Morgan fingerprint density at radius 3 is 2.67 bits per heavy atom. The van der Waals surface area contributed by atoms with Crippen molar-refractivity contribution in [2.24, 2.45) is 0 Å². The van der Waals surface area contributed by atoms with Crippen LogP contribution in [-0.2, 0) is 6.54 Å². The highest BCUT2D eigenvalue weighted by atomic mass is 35.5. The van der Waals surface area contributed by atoms with Gasteiger partial charge in [0.05, 0.1) is 12.6 Å². The van der Waals surface area contributed by atoms with E-state index in [1.807, 2.05) is 24.4 Å². The zero-order valence-corrected chi connectivity index (χ0v) is 8.80. The minimum absolute atomic E-state index is 0.453. The molecule has 0 aliphatic carbocycles. The molecule has 0 radical (unpaired) electrons. The van der Waals surface area contributed by atoms with Gasteiger partial charge < -0.3 is 5.11 Å². The Kier molecular flexibility index (Phi) is 3.04. The maximum Gasteiger partial charge on any atom is 0.0985 e. The van der Waals surface area contributed by atoms with Crippen LogP contribution in [0.4, 0.5) is 0 Å². The van der Waals surface area contributed by atoms with Crippen LogP contribution in [-0.4, -0.2) is 14.9 Å². The number of aromatic nitrogens is 2. The van der Waals surface area contributed by atoms with Crippen molar-refractivity contribution >= 4 is 11.6 Å². The molecule has 0 fully saturated rings. The summed E-state index contributed by atoms with van der Waals surface area (Å²) in [6.07, 6.45) is 2.95. The minimum Gasteiger partial charge on any atom is -0.386 e. The van der Waals surface area contributed by atoms with Crippen LogP contribution in [0.25, 0.3) is 0 Å². The van der Waals surface area contributed by atoms with E-state index in [4.69, 9.17) is 11.6 Å². The number of hydrogen-bond donors (Lipinski definition) is 1. The lowest BCUT2D eigenvalue weighted by Crippen LogP contribution is -2.08. The fourth-order valence-electron chi connectivity index (χ4n) is 1.38. The van der Waals surface area contributed by atoms with E-state index in [1.54, 1.807) is 23.0 Å². The molecule has 2 aromatic rings. The summed E-state index contributed by atoms with van der Waals surface area (Å²) in [5.74, 6) is 0. The molecule has 0 aliphatic heterocycles. The maximum atomic E-state index is 9.88. The monoisotopic (exact) mass is 222 g/mol. The zero-order valence-electron chi connectivity index (χ0n) is 8.05. The van der Waals surface area contributed by atoms with Crippen LogP contribution >= 0.6 is 11.6 Å². The van der Waals surface area contributed by atoms with Crippen molar-refractivity contribution in [2.45, 2.75) is 12.6 Å². The van der Waals surface area contributed by atoms with E-state index in [-0.39, 0.29) is 0 Å². The van der Waals surface area contributed by atoms with Gasteiger partial charge in [0.1, 0.15) is 0 Å². The lowest BCUT2D eigenvalue weighted by Gasteiger charge is -2.10. The van der Waals surface area contributed by atoms with Gasteiger partial charge in [0, 0.05) is 17.4 Å². The van der Waals surface area contributed by atoms with E-state index >= 15 is 0 Å². The first kappa shape index (κ1) is 10.2. The Bertz CT molecular complexity index is 411. The van der Waals surface area contributed by atoms with Crippen LogP contribution in [0.5, 0.6) is 0 Å². The van der Waals surface area contributed by atoms with Crippen LogP contribution in [0, 0.1) is 0 Å². The van der Waals surface area contributed by atoms with Gasteiger partial charge in [-0.15, -0.1) is 0 Å². The van der Waals surface area contributed by atoms with Crippen molar-refractivity contribution < 1.29 is 5.11 Å². The van der Waals surface area contributed by atoms with Gasteiger partial charge >= 0.3 is 0 Å². The van der Waals surface area contributed by atoms with Gasteiger partial charge in [-0.2, -0.15) is 5.10 Å². The SMILES string of the molecule is O[C@H](Cn1cccn1)c1ccc(Cl)cc1. The van der Waals surface area contributed by atoms with Gasteiger partial charge in [-0.05, 0) is 23.8 Å². The summed E-state index contributed by atoms with van der Waals surface area (Å²) in [5.41, 5.74) is 0.843. The Morgan fingerprint density at radius 1 is 1.33 bits per heavy atom. The van der Waals surface area contributed by atoms with E-state index in [9.17, 15) is 5.11 Å². The first-order valence-corrected chi connectivity index (χ1v) is 5.04. The minimum atomic E-state index is -0.554. The molecule has 0 saturated carbocycles. The lowest BCUT2D eigenvalue weighted by atomic mass is 10.1. The van der Waals surface area contributed by atoms with Crippen LogP contribution in [0.2, 0.25) is 5.02 Å². The van der Waals surface area contributed by atoms with E-state index < -0.39 is 6.10 Å². The fourth-order valence-corrected chi connectivity index (χ4v) is 1.50. The summed E-state index contributed by atoms with van der Waals surface area (Å²) in [6.45, 7) is 0.453. The molecule has 78 valence electrons. The number of nitrogens with zero attached hydrogens (tertiary/aromatic N) is 2. The third-order valence-corrected chi connectivity index (χ3v) is 2.43. The van der Waals surface area contributed by atoms with Crippen molar-refractivity contribution in [2.75, 3.05) is 0 Å². The van der Waals surface area contributed by atoms with Crippen LogP contribution in [0.1, 0.15) is 11.7 Å². The molecule has 0 aliphatic rings. The van der Waals surface area contributed by atoms with Gasteiger partial charge in [-0.25, -0.2) is 0 Å². The summed E-state index contributed by atoms with van der Waals surface area (Å²) in [7, 11) is 0. The molecule has 3 nitrogen and oxygen atoms in total. The lowest BCUT2D eigenvalue weighted by molar-refractivity contribution is 0.151. The number of aliphatic hydroxyl groups excluding tert-OH is 1. The summed E-state index contributed by atoms with van der Waals surface area (Å²) < 4.78 is 1.69. The molecule has 1 aromatic carbocycles. The number of benzene rings is 1. The van der Waals surface area contributed by atoms with Crippen molar-refractivity contribution in [1.29, 1.82) is 0 Å². The highest BCUT2D eigenvalue weighted by Crippen LogP contribution is 2.17. The highest BCUT2D eigenvalue weighted by Gasteiger charge is 2.07. The third kappa shape index (κ3) is 2.58. The molecule has 0 unspecified atom stereocenters. The Morgan fingerprint density at radius 2 is 2.07 bits per heavy atom. The standard InChI is InChI=1S/C11H11ClN2O/c12-10-4-2-9(3-5-10)11(15)8-14-7-1-6-13-14/h1-7,11,15H,8H2/t11-/m1/s1. The van der Waals surface area contributed by atoms with Crippen LogP contribution in [0.15, 0.2) is 42.7 Å². The van der Waals surface area contributed by atoms with E-state index in [2.05, 4.69) is 5.10 Å². The molecule has 1 N–H and O–H groups in total. The predicted octanol–water partition coefficient (Wildman–Crippen LogP) is 2.27. The van der Waals surface area contributed by atoms with E-state index in [0.29, 0.717) is 11.6 Å². The van der Waals surface area contributed by atoms with Crippen molar-refractivity contribution in [3.8, 4) is 0 Å². The number of rotatable bonds is 3. The second-order valence-electron chi connectivity index (χ2n) is 3.30. The van der Waals surface area contributed by atoms with Gasteiger partial charge in [-0.1, -0.05) is 23.7 Å². The summed E-state index contributed by atoms with van der Waals surface area (Å²) in [5, 5.41) is 14.6. The molecule has 15 heavy (non-hydrogen) atoms. The zero-order chi connectivity index (χ0) is 10.7. The average molecular weight is 223 g/mol. The summed E-state index contributed by atoms with van der Waals surface area (Å²) >= 11 is 5.76. The normalized spacial score (nSPS) is 12.7. The van der Waals surface area contributed by atoms with Crippen molar-refractivity contribution in [3.63, 3.8) is 0 Å². The summed E-state index contributed by atoms with van der Waals surface area (Å²) in [6, 6.07) is 8.99. The largest absolute Gasteiger partial charge is 0.386 e. The quantitative estimate of drug-likeness (QED) is 0.865. The molecular formula is C11H11ClN2O. The second kappa shape index (κ2) is 4.47. The Balaban J connectivity index is 2.08. The second-order valence-corrected chi connectivity index (χ2v) is 3.73. The van der Waals surface area contributed by atoms with E-state index in [0.717, 1.165) is 5.56 Å². The average Bonchev–Trinajstić information content (AvgIpc) is 2.71. The van der Waals surface area contributed by atoms with Gasteiger partial charge in [0.2, 0.25) is 0 Å². The van der Waals surface area contributed by atoms with Gasteiger partial charge in [0.15, 0.2) is 0 Å². The smallest absolute Gasteiger partial charge is 0.0985 e. The highest BCUT2D eigenvalue weighted by molar-refractivity contribution is 6.30. The molecule has 1 aromatic heterocycles. The Hall–Kier alpha value is -1.32. The first-order chi connectivity index (χ1) is 7.25. The number of hydrogen-bond acceptors (Lipinski definition) is 2. The molecule has 0 bridgehead atoms. The molecule has 0 amide bonds. The Labute approximate surface area is 92.9 Å². The number of aliphatic hydroxyl groups is 1. The van der Waals surface area contributed by atoms with Crippen LogP contribution in [0.3, 0.4) is 0 Å². The fraction of sp³-hybridized carbons (Fsp3) is 0.182. The maximum absolute atomic E-state index is 9.88. The molecular weight excluding hydrogens is 212 g/mol. The molecule has 1 atom stereocenters. The molecule has 0 saturated heterocycles. The van der Waals surface area contributed by atoms with Crippen molar-refractivity contribution in [1.82, 2.24) is 9.78 Å².